The van der Waals surface area contributed by atoms with Gasteiger partial charge in [-0.3, -0.25) is 4.79 Å². The van der Waals surface area contributed by atoms with E-state index in [1.807, 2.05) is 0 Å². The van der Waals surface area contributed by atoms with E-state index >= 15 is 0 Å². The van der Waals surface area contributed by atoms with Crippen molar-refractivity contribution in [2.45, 2.75) is 18.0 Å². The molecule has 32 heavy (non-hydrogen) atoms. The van der Waals surface area contributed by atoms with Crippen LogP contribution in [0.5, 0.6) is 0 Å². The molecule has 0 fully saturated rings. The van der Waals surface area contributed by atoms with Crippen molar-refractivity contribution in [3.63, 3.8) is 0 Å². The Balaban J connectivity index is 2.09. The summed E-state index contributed by atoms with van der Waals surface area (Å²) in [7, 11) is -4.73. The van der Waals surface area contributed by atoms with E-state index in [1.165, 1.54) is 17.7 Å². The molecule has 170 valence electrons. The van der Waals surface area contributed by atoms with Crippen molar-refractivity contribution in [1.82, 2.24) is 19.7 Å². The van der Waals surface area contributed by atoms with Crippen LogP contribution in [-0.4, -0.2) is 29.3 Å². The number of sulfonamides is 1. The zero-order valence-electron chi connectivity index (χ0n) is 15.5. The molecule has 0 bridgehead atoms. The molecular formula is C17H9Cl3F4N4O3S. The second-order valence-electron chi connectivity index (χ2n) is 6.26. The van der Waals surface area contributed by atoms with E-state index in [4.69, 9.17) is 34.8 Å². The van der Waals surface area contributed by atoms with E-state index in [9.17, 15) is 30.8 Å². The predicted molar refractivity (Wildman–Crippen MR) is 107 cm³/mol. The quantitative estimate of drug-likeness (QED) is 0.488. The second-order valence-corrected chi connectivity index (χ2v) is 9.19. The first kappa shape index (κ1) is 24.2. The number of nitrogens with one attached hydrogen (secondary N) is 1. The Kier molecular flexibility index (Phi) is 6.44. The number of benzene rings is 2. The summed E-state index contributed by atoms with van der Waals surface area (Å²) in [5, 5.41) is 5.91. The van der Waals surface area contributed by atoms with Crippen LogP contribution >= 0.6 is 34.8 Å². The molecule has 0 aliphatic carbocycles. The second kappa shape index (κ2) is 8.50. The first-order chi connectivity index (χ1) is 14.7. The summed E-state index contributed by atoms with van der Waals surface area (Å²) in [5.74, 6) is -2.67. The van der Waals surface area contributed by atoms with Gasteiger partial charge in [0.2, 0.25) is 0 Å². The van der Waals surface area contributed by atoms with E-state index in [2.05, 4.69) is 10.3 Å². The minimum Gasteiger partial charge on any atom is -0.266 e. The number of rotatable bonds is 4. The minimum atomic E-state index is -5.19. The van der Waals surface area contributed by atoms with Gasteiger partial charge in [0, 0.05) is 5.02 Å². The number of nitrogens with zero attached hydrogens (tertiary/aromatic N) is 3. The Morgan fingerprint density at radius 1 is 1.09 bits per heavy atom. The lowest BCUT2D eigenvalue weighted by molar-refractivity contribution is -0.143. The molecule has 1 heterocycles. The van der Waals surface area contributed by atoms with Gasteiger partial charge in [-0.2, -0.15) is 13.2 Å². The molecule has 0 saturated heterocycles. The third kappa shape index (κ3) is 4.68. The molecule has 1 aromatic heterocycles. The van der Waals surface area contributed by atoms with Crippen molar-refractivity contribution < 1.29 is 30.8 Å². The van der Waals surface area contributed by atoms with Gasteiger partial charge in [-0.05, 0) is 42.8 Å². The SMILES string of the molecule is Cc1cc(Cl)cc(Cl)c1-n1nnc(C(=O)NS(=O)(=O)c2ccc(F)c(Cl)c2)c1C(F)(F)F. The van der Waals surface area contributed by atoms with Crippen LogP contribution in [0, 0.1) is 12.7 Å². The highest BCUT2D eigenvalue weighted by Crippen LogP contribution is 2.36. The van der Waals surface area contributed by atoms with Crippen molar-refractivity contribution in [1.29, 1.82) is 0 Å². The molecular weight excluding hydrogens is 523 g/mol. The highest BCUT2D eigenvalue weighted by atomic mass is 35.5. The predicted octanol–water partition coefficient (Wildman–Crippen LogP) is 4.81. The molecule has 0 aliphatic heterocycles. The number of hydrogen-bond donors (Lipinski definition) is 1. The Labute approximate surface area is 192 Å². The lowest BCUT2D eigenvalue weighted by Crippen LogP contribution is -2.32. The average molecular weight is 532 g/mol. The van der Waals surface area contributed by atoms with Crippen molar-refractivity contribution in [2.75, 3.05) is 0 Å². The zero-order chi connectivity index (χ0) is 24.0. The van der Waals surface area contributed by atoms with Gasteiger partial charge in [0.05, 0.1) is 20.6 Å². The van der Waals surface area contributed by atoms with Crippen LogP contribution in [0.3, 0.4) is 0 Å². The van der Waals surface area contributed by atoms with Gasteiger partial charge in [0.15, 0.2) is 11.4 Å². The highest BCUT2D eigenvalue weighted by Gasteiger charge is 2.43. The number of hydrogen-bond acceptors (Lipinski definition) is 5. The van der Waals surface area contributed by atoms with Crippen LogP contribution in [-0.2, 0) is 16.2 Å². The molecule has 0 radical (unpaired) electrons. The van der Waals surface area contributed by atoms with E-state index in [0.29, 0.717) is 12.1 Å². The molecule has 15 heteroatoms. The molecule has 0 atom stereocenters. The third-order valence-electron chi connectivity index (χ3n) is 4.01. The number of carbonyl (C=O) groups excluding carboxylic acids is 1. The monoisotopic (exact) mass is 530 g/mol. The number of halogens is 7. The maximum atomic E-state index is 13.8. The molecule has 2 aromatic carbocycles. The van der Waals surface area contributed by atoms with Crippen LogP contribution in [0.4, 0.5) is 17.6 Å². The maximum Gasteiger partial charge on any atom is 0.435 e. The molecule has 7 nitrogen and oxygen atoms in total. The van der Waals surface area contributed by atoms with Gasteiger partial charge in [0.1, 0.15) is 5.82 Å². The van der Waals surface area contributed by atoms with E-state index in [-0.39, 0.29) is 26.0 Å². The van der Waals surface area contributed by atoms with E-state index in [1.54, 1.807) is 0 Å². The summed E-state index contributed by atoms with van der Waals surface area (Å²) in [6.07, 6.45) is -5.19. The van der Waals surface area contributed by atoms with Gasteiger partial charge in [-0.25, -0.2) is 22.2 Å². The van der Waals surface area contributed by atoms with E-state index in [0.717, 1.165) is 12.1 Å². The van der Waals surface area contributed by atoms with Crippen LogP contribution in [0.2, 0.25) is 15.1 Å². The maximum absolute atomic E-state index is 13.8. The van der Waals surface area contributed by atoms with Gasteiger partial charge < -0.3 is 0 Å². The molecule has 3 rings (SSSR count). The van der Waals surface area contributed by atoms with Gasteiger partial charge in [-0.15, -0.1) is 5.10 Å². The minimum absolute atomic E-state index is 0.145. The zero-order valence-corrected chi connectivity index (χ0v) is 18.6. The summed E-state index contributed by atoms with van der Waals surface area (Å²) in [5.41, 5.74) is -3.09. The van der Waals surface area contributed by atoms with Crippen molar-refractivity contribution in [2.24, 2.45) is 0 Å². The van der Waals surface area contributed by atoms with Gasteiger partial charge in [-0.1, -0.05) is 40.0 Å². The third-order valence-corrected chi connectivity index (χ3v) is 6.14. The topological polar surface area (TPSA) is 93.9 Å². The van der Waals surface area contributed by atoms with E-state index < -0.39 is 49.2 Å². The number of amides is 1. The molecule has 1 N–H and O–H groups in total. The van der Waals surface area contributed by atoms with Crippen molar-refractivity contribution in [3.8, 4) is 5.69 Å². The Morgan fingerprint density at radius 2 is 1.75 bits per heavy atom. The fourth-order valence-corrected chi connectivity index (χ4v) is 4.58. The molecule has 0 aliphatic rings. The van der Waals surface area contributed by atoms with Crippen molar-refractivity contribution >= 4 is 50.7 Å². The average Bonchev–Trinajstić information content (AvgIpc) is 3.08. The summed E-state index contributed by atoms with van der Waals surface area (Å²) in [6.45, 7) is 1.40. The Bertz CT molecular complexity index is 1320. The fraction of sp³-hybridized carbons (Fsp3) is 0.118. The van der Waals surface area contributed by atoms with Crippen LogP contribution in [0.1, 0.15) is 21.7 Å². The summed E-state index contributed by atoms with van der Waals surface area (Å²) in [4.78, 5) is 11.8. The van der Waals surface area contributed by atoms with Crippen molar-refractivity contribution in [3.05, 3.63) is 68.2 Å². The van der Waals surface area contributed by atoms with Crippen LogP contribution in [0.25, 0.3) is 5.69 Å². The smallest absolute Gasteiger partial charge is 0.266 e. The lowest BCUT2D eigenvalue weighted by Gasteiger charge is -2.14. The largest absolute Gasteiger partial charge is 0.435 e. The fourth-order valence-electron chi connectivity index (χ4n) is 2.68. The normalized spacial score (nSPS) is 12.1. The molecule has 0 saturated carbocycles. The first-order valence-corrected chi connectivity index (χ1v) is 10.8. The first-order valence-electron chi connectivity index (χ1n) is 8.23. The Morgan fingerprint density at radius 3 is 2.31 bits per heavy atom. The molecule has 0 spiro atoms. The summed E-state index contributed by atoms with van der Waals surface area (Å²) >= 11 is 17.4. The molecule has 0 unspecified atom stereocenters. The number of aromatic nitrogens is 3. The molecule has 1 amide bonds. The van der Waals surface area contributed by atoms with Crippen LogP contribution < -0.4 is 4.72 Å². The Hall–Kier alpha value is -2.41. The van der Waals surface area contributed by atoms with Crippen LogP contribution in [0.15, 0.2) is 35.2 Å². The summed E-state index contributed by atoms with van der Waals surface area (Å²) < 4.78 is 81.2. The highest BCUT2D eigenvalue weighted by molar-refractivity contribution is 7.90. The summed E-state index contributed by atoms with van der Waals surface area (Å²) in [6, 6.07) is 4.65. The lowest BCUT2D eigenvalue weighted by atomic mass is 10.2. The number of aryl methyl sites for hydroxylation is 1. The molecule has 3 aromatic rings. The standard InChI is InChI=1S/C17H9Cl3F4N4O3S/c1-7-4-8(18)5-11(20)14(7)28-15(17(22,23)24)13(25-27-28)16(29)26-32(30,31)9-2-3-12(21)10(19)6-9/h2-6H,1H3,(H,26,29). The number of carbonyl (C=O) groups is 1. The van der Waals surface area contributed by atoms with Gasteiger partial charge >= 0.3 is 6.18 Å². The van der Waals surface area contributed by atoms with Gasteiger partial charge in [0.25, 0.3) is 15.9 Å². The number of alkyl halides is 3.